The monoisotopic (exact) mass is 434 g/mol. The maximum atomic E-state index is 4.94. The molecule has 0 unspecified atom stereocenters. The van der Waals surface area contributed by atoms with Crippen molar-refractivity contribution in [1.82, 2.24) is 15.1 Å². The first kappa shape index (κ1) is 19.3. The quantitative estimate of drug-likeness (QED) is 0.395. The van der Waals surface area contributed by atoms with Gasteiger partial charge in [0.15, 0.2) is 5.96 Å². The SMILES string of the molecule is CCNC(=NCCN(CC)C1CC1)N1CCC2(CCCC2)C1.I. The first-order chi connectivity index (χ1) is 10.8. The molecule has 3 rings (SSSR count). The third-order valence-corrected chi connectivity index (χ3v) is 5.86. The number of guanidine groups is 1. The molecule has 4 nitrogen and oxygen atoms in total. The lowest BCUT2D eigenvalue weighted by atomic mass is 9.86. The Morgan fingerprint density at radius 3 is 2.57 bits per heavy atom. The number of likely N-dealkylation sites (tertiary alicyclic amines) is 1. The Kier molecular flexibility index (Phi) is 7.45. The van der Waals surface area contributed by atoms with Crippen LogP contribution in [0.4, 0.5) is 0 Å². The molecular weight excluding hydrogens is 399 g/mol. The highest BCUT2D eigenvalue weighted by atomic mass is 127. The van der Waals surface area contributed by atoms with Crippen LogP contribution < -0.4 is 5.32 Å². The second kappa shape index (κ2) is 8.88. The summed E-state index contributed by atoms with van der Waals surface area (Å²) in [4.78, 5) is 10.1. The van der Waals surface area contributed by atoms with Gasteiger partial charge in [0.2, 0.25) is 0 Å². The molecule has 1 heterocycles. The molecule has 0 amide bonds. The van der Waals surface area contributed by atoms with Gasteiger partial charge in [-0.15, -0.1) is 24.0 Å². The van der Waals surface area contributed by atoms with Crippen LogP contribution in [0.25, 0.3) is 0 Å². The highest BCUT2D eigenvalue weighted by molar-refractivity contribution is 14.0. The van der Waals surface area contributed by atoms with Gasteiger partial charge < -0.3 is 10.2 Å². The van der Waals surface area contributed by atoms with E-state index in [0.717, 1.165) is 31.6 Å². The van der Waals surface area contributed by atoms with Crippen molar-refractivity contribution in [2.24, 2.45) is 10.4 Å². The van der Waals surface area contributed by atoms with E-state index in [1.807, 2.05) is 0 Å². The minimum atomic E-state index is 0. The molecule has 0 bridgehead atoms. The average Bonchev–Trinajstić information content (AvgIpc) is 3.13. The highest BCUT2D eigenvalue weighted by Gasteiger charge is 2.41. The van der Waals surface area contributed by atoms with Gasteiger partial charge >= 0.3 is 0 Å². The average molecular weight is 434 g/mol. The first-order valence-electron chi connectivity index (χ1n) is 9.54. The Hall–Kier alpha value is -0.0400. The van der Waals surface area contributed by atoms with Gasteiger partial charge in [0, 0.05) is 32.2 Å². The highest BCUT2D eigenvalue weighted by Crippen LogP contribution is 2.45. The topological polar surface area (TPSA) is 30.9 Å². The van der Waals surface area contributed by atoms with E-state index in [4.69, 9.17) is 4.99 Å². The van der Waals surface area contributed by atoms with Gasteiger partial charge in [0.25, 0.3) is 0 Å². The summed E-state index contributed by atoms with van der Waals surface area (Å²) in [6, 6.07) is 0.858. The standard InChI is InChI=1S/C18H34N4.HI/c1-3-19-17(20-12-14-21(4-2)16-7-8-16)22-13-11-18(15-22)9-5-6-10-18;/h16H,3-15H2,1-2H3,(H,19,20);1H. The Labute approximate surface area is 159 Å². The first-order valence-corrected chi connectivity index (χ1v) is 9.54. The van der Waals surface area contributed by atoms with E-state index in [1.165, 1.54) is 64.6 Å². The summed E-state index contributed by atoms with van der Waals surface area (Å²) in [5, 5.41) is 3.52. The minimum Gasteiger partial charge on any atom is -0.357 e. The number of nitrogens with one attached hydrogen (secondary N) is 1. The van der Waals surface area contributed by atoms with Gasteiger partial charge in [-0.1, -0.05) is 19.8 Å². The maximum Gasteiger partial charge on any atom is 0.193 e. The van der Waals surface area contributed by atoms with E-state index in [1.54, 1.807) is 0 Å². The molecule has 0 radical (unpaired) electrons. The summed E-state index contributed by atoms with van der Waals surface area (Å²) in [6.07, 6.45) is 9.92. The summed E-state index contributed by atoms with van der Waals surface area (Å²) < 4.78 is 0. The molecule has 1 aliphatic heterocycles. The van der Waals surface area contributed by atoms with E-state index in [9.17, 15) is 0 Å². The Bertz CT molecular complexity index is 388. The Morgan fingerprint density at radius 1 is 1.22 bits per heavy atom. The summed E-state index contributed by atoms with van der Waals surface area (Å²) in [5.41, 5.74) is 0.625. The number of halogens is 1. The van der Waals surface area contributed by atoms with Crippen molar-refractivity contribution < 1.29 is 0 Å². The lowest BCUT2D eigenvalue weighted by Gasteiger charge is -2.26. The molecule has 1 spiro atoms. The fourth-order valence-corrected chi connectivity index (χ4v) is 4.40. The molecule has 0 aromatic rings. The van der Waals surface area contributed by atoms with Crippen LogP contribution >= 0.6 is 24.0 Å². The van der Waals surface area contributed by atoms with Crippen LogP contribution in [0.15, 0.2) is 4.99 Å². The van der Waals surface area contributed by atoms with Crippen LogP contribution in [-0.2, 0) is 0 Å². The number of hydrogen-bond acceptors (Lipinski definition) is 2. The second-order valence-electron chi connectivity index (χ2n) is 7.47. The zero-order valence-corrected chi connectivity index (χ0v) is 17.3. The van der Waals surface area contributed by atoms with Crippen molar-refractivity contribution in [3.63, 3.8) is 0 Å². The van der Waals surface area contributed by atoms with Gasteiger partial charge in [-0.2, -0.15) is 0 Å². The molecule has 0 atom stereocenters. The van der Waals surface area contributed by atoms with Crippen molar-refractivity contribution in [3.8, 4) is 0 Å². The van der Waals surface area contributed by atoms with Crippen molar-refractivity contribution in [1.29, 1.82) is 0 Å². The molecular formula is C18H35IN4. The zero-order valence-electron chi connectivity index (χ0n) is 15.0. The molecule has 0 aromatic carbocycles. The Morgan fingerprint density at radius 2 is 1.96 bits per heavy atom. The van der Waals surface area contributed by atoms with Crippen LogP contribution in [0.3, 0.4) is 0 Å². The third-order valence-electron chi connectivity index (χ3n) is 5.86. The van der Waals surface area contributed by atoms with Gasteiger partial charge in [0.1, 0.15) is 0 Å². The summed E-state index contributed by atoms with van der Waals surface area (Å²) >= 11 is 0. The molecule has 3 aliphatic rings. The molecule has 2 saturated carbocycles. The molecule has 0 aromatic heterocycles. The summed E-state index contributed by atoms with van der Waals surface area (Å²) in [6.45, 7) is 11.1. The van der Waals surface area contributed by atoms with E-state index in [-0.39, 0.29) is 24.0 Å². The molecule has 23 heavy (non-hydrogen) atoms. The molecule has 3 fully saturated rings. The summed E-state index contributed by atoms with van der Waals surface area (Å²) in [5.74, 6) is 1.16. The fraction of sp³-hybridized carbons (Fsp3) is 0.944. The molecule has 2 aliphatic carbocycles. The lowest BCUT2D eigenvalue weighted by Crippen LogP contribution is -2.41. The summed E-state index contributed by atoms with van der Waals surface area (Å²) in [7, 11) is 0. The predicted octanol–water partition coefficient (Wildman–Crippen LogP) is 3.32. The van der Waals surface area contributed by atoms with Crippen molar-refractivity contribution in [2.45, 2.75) is 64.8 Å². The third kappa shape index (κ3) is 4.97. The normalized spacial score (nSPS) is 23.6. The van der Waals surface area contributed by atoms with Crippen molar-refractivity contribution >= 4 is 29.9 Å². The van der Waals surface area contributed by atoms with E-state index >= 15 is 0 Å². The second-order valence-corrected chi connectivity index (χ2v) is 7.47. The molecule has 1 saturated heterocycles. The van der Waals surface area contributed by atoms with Gasteiger partial charge in [-0.25, -0.2) is 0 Å². The zero-order chi connectivity index (χ0) is 15.4. The maximum absolute atomic E-state index is 4.94. The van der Waals surface area contributed by atoms with Crippen molar-refractivity contribution in [2.75, 3.05) is 39.3 Å². The fourth-order valence-electron chi connectivity index (χ4n) is 4.40. The van der Waals surface area contributed by atoms with Crippen LogP contribution in [0.1, 0.15) is 58.8 Å². The number of aliphatic imine (C=N–C) groups is 1. The Balaban J connectivity index is 0.00000192. The van der Waals surface area contributed by atoms with Crippen LogP contribution in [-0.4, -0.2) is 61.1 Å². The van der Waals surface area contributed by atoms with Crippen molar-refractivity contribution in [3.05, 3.63) is 0 Å². The van der Waals surface area contributed by atoms with E-state index in [2.05, 4.69) is 29.0 Å². The van der Waals surface area contributed by atoms with Gasteiger partial charge in [0.05, 0.1) is 6.54 Å². The van der Waals surface area contributed by atoms with Crippen LogP contribution in [0, 0.1) is 5.41 Å². The molecule has 1 N–H and O–H groups in total. The number of nitrogens with zero attached hydrogens (tertiary/aromatic N) is 3. The minimum absolute atomic E-state index is 0. The van der Waals surface area contributed by atoms with Gasteiger partial charge in [-0.3, -0.25) is 9.89 Å². The number of rotatable bonds is 6. The van der Waals surface area contributed by atoms with Crippen LogP contribution in [0.5, 0.6) is 0 Å². The predicted molar refractivity (Wildman–Crippen MR) is 109 cm³/mol. The van der Waals surface area contributed by atoms with E-state index < -0.39 is 0 Å². The largest absolute Gasteiger partial charge is 0.357 e. The number of likely N-dealkylation sites (N-methyl/N-ethyl adjacent to an activating group) is 1. The molecule has 5 heteroatoms. The van der Waals surface area contributed by atoms with Crippen LogP contribution in [0.2, 0.25) is 0 Å². The number of hydrogen-bond donors (Lipinski definition) is 1. The lowest BCUT2D eigenvalue weighted by molar-refractivity contribution is 0.285. The van der Waals surface area contributed by atoms with E-state index in [0.29, 0.717) is 5.41 Å². The smallest absolute Gasteiger partial charge is 0.193 e. The molecule has 134 valence electrons. The van der Waals surface area contributed by atoms with Gasteiger partial charge in [-0.05, 0) is 51.0 Å².